The zero-order valence-corrected chi connectivity index (χ0v) is 19.5. The van der Waals surface area contributed by atoms with Crippen LogP contribution in [0.1, 0.15) is 77.2 Å². The summed E-state index contributed by atoms with van der Waals surface area (Å²) in [6, 6.07) is 10.7. The minimum atomic E-state index is 0.642. The highest BCUT2D eigenvalue weighted by Crippen LogP contribution is 2.30. The van der Waals surface area contributed by atoms with E-state index in [0.717, 1.165) is 37.6 Å². The largest absolute Gasteiger partial charge is 0.494 e. The molecule has 0 heterocycles. The second-order valence-electron chi connectivity index (χ2n) is 7.68. The Balaban J connectivity index is 1.84. The molecule has 0 saturated heterocycles. The molecule has 0 bridgehead atoms. The van der Waals surface area contributed by atoms with Crippen molar-refractivity contribution in [2.45, 2.75) is 83.4 Å². The van der Waals surface area contributed by atoms with Crippen molar-refractivity contribution in [2.75, 3.05) is 13.2 Å². The molecule has 3 heteroatoms. The number of rotatable bonds is 14. The van der Waals surface area contributed by atoms with E-state index in [-0.39, 0.29) is 0 Å². The first-order valence-electron chi connectivity index (χ1n) is 11.1. The van der Waals surface area contributed by atoms with Crippen molar-refractivity contribution in [1.29, 1.82) is 0 Å². The van der Waals surface area contributed by atoms with E-state index in [1.807, 2.05) is 0 Å². The Labute approximate surface area is 180 Å². The van der Waals surface area contributed by atoms with Crippen molar-refractivity contribution in [1.82, 2.24) is 0 Å². The molecule has 28 heavy (non-hydrogen) atoms. The minimum Gasteiger partial charge on any atom is -0.494 e. The van der Waals surface area contributed by atoms with Crippen molar-refractivity contribution < 1.29 is 9.47 Å². The monoisotopic (exact) mass is 448 g/mol. The summed E-state index contributed by atoms with van der Waals surface area (Å²) < 4.78 is 12.0. The predicted molar refractivity (Wildman–Crippen MR) is 125 cm³/mol. The molecule has 0 aliphatic carbocycles. The van der Waals surface area contributed by atoms with Gasteiger partial charge in [0.1, 0.15) is 11.5 Å². The third-order valence-corrected chi connectivity index (χ3v) is 6.45. The maximum atomic E-state index is 6.04. The lowest BCUT2D eigenvalue weighted by molar-refractivity contribution is 0.303. The van der Waals surface area contributed by atoms with Crippen LogP contribution in [0.3, 0.4) is 0 Å². The zero-order chi connectivity index (χ0) is 20.2. The molecule has 0 N–H and O–H groups in total. The smallest absolute Gasteiger partial charge is 0.122 e. The van der Waals surface area contributed by atoms with Gasteiger partial charge in [-0.2, -0.15) is 0 Å². The van der Waals surface area contributed by atoms with E-state index < -0.39 is 0 Å². The molecule has 2 aromatic rings. The lowest BCUT2D eigenvalue weighted by Crippen LogP contribution is -2.01. The molecule has 1 atom stereocenters. The van der Waals surface area contributed by atoms with Gasteiger partial charge in [-0.25, -0.2) is 0 Å². The van der Waals surface area contributed by atoms with E-state index in [1.165, 1.54) is 61.3 Å². The molecule has 0 spiro atoms. The zero-order valence-electron chi connectivity index (χ0n) is 17.9. The number of unbranched alkanes of at least 4 members (excludes halogenated alkanes) is 5. The minimum absolute atomic E-state index is 0.642. The SMILES string of the molecule is CCCCCCCOc1ccc2cc(OCCCCC(Br)CC)ccc2c1C. The molecule has 0 saturated carbocycles. The molecule has 156 valence electrons. The Bertz CT molecular complexity index is 698. The summed E-state index contributed by atoms with van der Waals surface area (Å²) in [5.41, 5.74) is 1.22. The first-order chi connectivity index (χ1) is 13.7. The van der Waals surface area contributed by atoms with Gasteiger partial charge in [0.05, 0.1) is 13.2 Å². The van der Waals surface area contributed by atoms with Gasteiger partial charge in [0.25, 0.3) is 0 Å². The average molecular weight is 449 g/mol. The summed E-state index contributed by atoms with van der Waals surface area (Å²) in [5.74, 6) is 1.97. The number of hydrogen-bond acceptors (Lipinski definition) is 2. The number of halogens is 1. The summed E-state index contributed by atoms with van der Waals surface area (Å²) in [5, 5.41) is 2.47. The fourth-order valence-electron chi connectivity index (χ4n) is 3.44. The van der Waals surface area contributed by atoms with E-state index in [0.29, 0.717) is 4.83 Å². The third kappa shape index (κ3) is 7.66. The molecule has 2 rings (SSSR count). The van der Waals surface area contributed by atoms with Gasteiger partial charge in [-0.1, -0.05) is 67.6 Å². The molecular weight excluding hydrogens is 412 g/mol. The highest BCUT2D eigenvalue weighted by molar-refractivity contribution is 9.09. The first-order valence-corrected chi connectivity index (χ1v) is 12.0. The van der Waals surface area contributed by atoms with Crippen LogP contribution in [-0.2, 0) is 0 Å². The Morgan fingerprint density at radius 1 is 0.857 bits per heavy atom. The van der Waals surface area contributed by atoms with Crippen LogP contribution in [0.25, 0.3) is 10.8 Å². The number of alkyl halides is 1. The topological polar surface area (TPSA) is 18.5 Å². The fraction of sp³-hybridized carbons (Fsp3) is 0.600. The van der Waals surface area contributed by atoms with Gasteiger partial charge in [-0.3, -0.25) is 0 Å². The molecule has 2 aromatic carbocycles. The first kappa shape index (κ1) is 23.1. The van der Waals surface area contributed by atoms with Crippen LogP contribution in [0.5, 0.6) is 11.5 Å². The molecule has 0 amide bonds. The second-order valence-corrected chi connectivity index (χ2v) is 8.98. The number of hydrogen-bond donors (Lipinski definition) is 0. The van der Waals surface area contributed by atoms with Crippen LogP contribution in [0.15, 0.2) is 30.3 Å². The normalized spacial score (nSPS) is 12.3. The quantitative estimate of drug-likeness (QED) is 0.214. The molecule has 0 aliphatic heterocycles. The number of fused-ring (bicyclic) bond motifs is 1. The highest BCUT2D eigenvalue weighted by atomic mass is 79.9. The summed E-state index contributed by atoms with van der Waals surface area (Å²) in [4.78, 5) is 0.642. The molecular formula is C25H37BrO2. The standard InChI is InChI=1S/C25H37BrO2/c1-4-6-7-8-10-18-28-25-16-13-21-19-23(14-15-24(21)20(25)3)27-17-11-9-12-22(26)5-2/h13-16,19,22H,4-12,17-18H2,1-3H3. The van der Waals surface area contributed by atoms with Gasteiger partial charge < -0.3 is 9.47 Å². The van der Waals surface area contributed by atoms with Gasteiger partial charge >= 0.3 is 0 Å². The Kier molecular flexibility index (Phi) is 10.8. The molecule has 1 unspecified atom stereocenters. The second kappa shape index (κ2) is 13.1. The lowest BCUT2D eigenvalue weighted by atomic mass is 10.0. The van der Waals surface area contributed by atoms with Gasteiger partial charge in [0.15, 0.2) is 0 Å². The van der Waals surface area contributed by atoms with Crippen LogP contribution >= 0.6 is 15.9 Å². The van der Waals surface area contributed by atoms with Crippen molar-refractivity contribution in [3.05, 3.63) is 35.9 Å². The van der Waals surface area contributed by atoms with Gasteiger partial charge in [-0.15, -0.1) is 0 Å². The van der Waals surface area contributed by atoms with Crippen LogP contribution in [0, 0.1) is 6.92 Å². The maximum Gasteiger partial charge on any atom is 0.122 e. The fourth-order valence-corrected chi connectivity index (χ4v) is 3.76. The molecule has 0 fully saturated rings. The van der Waals surface area contributed by atoms with Gasteiger partial charge in [0, 0.05) is 4.83 Å². The number of benzene rings is 2. The summed E-state index contributed by atoms with van der Waals surface area (Å²) in [6.45, 7) is 8.21. The number of ether oxygens (including phenoxy) is 2. The van der Waals surface area contributed by atoms with Crippen LogP contribution in [0.4, 0.5) is 0 Å². The molecule has 2 nitrogen and oxygen atoms in total. The van der Waals surface area contributed by atoms with E-state index in [9.17, 15) is 0 Å². The van der Waals surface area contributed by atoms with E-state index >= 15 is 0 Å². The predicted octanol–water partition coefficient (Wildman–Crippen LogP) is 8.22. The summed E-state index contributed by atoms with van der Waals surface area (Å²) >= 11 is 3.69. The van der Waals surface area contributed by atoms with E-state index in [1.54, 1.807) is 0 Å². The maximum absolute atomic E-state index is 6.04. The molecule has 0 radical (unpaired) electrons. The van der Waals surface area contributed by atoms with Crippen LogP contribution in [-0.4, -0.2) is 18.0 Å². The molecule has 0 aliphatic rings. The summed E-state index contributed by atoms with van der Waals surface area (Å²) in [6.07, 6.45) is 11.0. The van der Waals surface area contributed by atoms with Crippen LogP contribution < -0.4 is 9.47 Å². The Hall–Kier alpha value is -1.22. The van der Waals surface area contributed by atoms with Gasteiger partial charge in [0.2, 0.25) is 0 Å². The third-order valence-electron chi connectivity index (χ3n) is 5.34. The van der Waals surface area contributed by atoms with Crippen molar-refractivity contribution >= 4 is 26.7 Å². The van der Waals surface area contributed by atoms with Crippen molar-refractivity contribution in [3.63, 3.8) is 0 Å². The van der Waals surface area contributed by atoms with E-state index in [4.69, 9.17) is 9.47 Å². The van der Waals surface area contributed by atoms with E-state index in [2.05, 4.69) is 67.0 Å². The van der Waals surface area contributed by atoms with Gasteiger partial charge in [-0.05, 0) is 73.6 Å². The highest BCUT2D eigenvalue weighted by Gasteiger charge is 2.07. The Morgan fingerprint density at radius 2 is 1.61 bits per heavy atom. The lowest BCUT2D eigenvalue weighted by Gasteiger charge is -2.13. The Morgan fingerprint density at radius 3 is 2.39 bits per heavy atom. The number of aryl methyl sites for hydroxylation is 1. The average Bonchev–Trinajstić information content (AvgIpc) is 2.71. The van der Waals surface area contributed by atoms with Crippen molar-refractivity contribution in [3.8, 4) is 11.5 Å². The molecule has 0 aromatic heterocycles. The van der Waals surface area contributed by atoms with Crippen LogP contribution in [0.2, 0.25) is 0 Å². The van der Waals surface area contributed by atoms with Crippen molar-refractivity contribution in [2.24, 2.45) is 0 Å². The summed E-state index contributed by atoms with van der Waals surface area (Å²) in [7, 11) is 0.